The van der Waals surface area contributed by atoms with Crippen molar-refractivity contribution in [2.75, 3.05) is 6.54 Å². The zero-order chi connectivity index (χ0) is 10.1. The number of hydrogen-bond donors (Lipinski definition) is 3. The van der Waals surface area contributed by atoms with Crippen molar-refractivity contribution in [2.45, 2.75) is 31.4 Å². The van der Waals surface area contributed by atoms with E-state index in [4.69, 9.17) is 0 Å². The maximum atomic E-state index is 11.2. The molecule has 0 spiro atoms. The highest BCUT2D eigenvalue weighted by atomic mass is 16.3. The summed E-state index contributed by atoms with van der Waals surface area (Å²) in [6.45, 7) is 0.709. The van der Waals surface area contributed by atoms with Gasteiger partial charge < -0.3 is 15.7 Å². The Hall–Kier alpha value is -1.10. The molecule has 2 aliphatic rings. The van der Waals surface area contributed by atoms with Gasteiger partial charge in [0.25, 0.3) is 0 Å². The second-order valence-corrected chi connectivity index (χ2v) is 3.96. The van der Waals surface area contributed by atoms with Crippen molar-refractivity contribution in [1.29, 1.82) is 0 Å². The van der Waals surface area contributed by atoms with Gasteiger partial charge in [0.15, 0.2) is 0 Å². The Kier molecular flexibility index (Phi) is 2.41. The largest absolute Gasteiger partial charge is 0.390 e. The molecular weight excluding hydrogens is 184 g/mol. The van der Waals surface area contributed by atoms with Crippen molar-refractivity contribution >= 4 is 11.8 Å². The van der Waals surface area contributed by atoms with E-state index < -0.39 is 6.10 Å². The summed E-state index contributed by atoms with van der Waals surface area (Å²) < 4.78 is 0. The first-order valence-corrected chi connectivity index (χ1v) is 4.92. The van der Waals surface area contributed by atoms with Gasteiger partial charge in [0, 0.05) is 12.5 Å². The molecular formula is C9H14N2O3. The van der Waals surface area contributed by atoms with Crippen LogP contribution < -0.4 is 10.6 Å². The number of carbonyl (C=O) groups is 2. The number of rotatable bonds is 2. The van der Waals surface area contributed by atoms with Gasteiger partial charge in [-0.3, -0.25) is 9.59 Å². The molecule has 2 heterocycles. The molecule has 3 N–H and O–H groups in total. The standard InChI is InChI=1S/C9H14N2O3/c12-7-4-8(13)11-6(7)3-5-1-2-10-9(5)14/h5-7,12H,1-4H2,(H,10,14)(H,11,13)/t5-,6-,7?/m0/s1. The summed E-state index contributed by atoms with van der Waals surface area (Å²) in [7, 11) is 0. The van der Waals surface area contributed by atoms with Gasteiger partial charge in [-0.1, -0.05) is 0 Å². The molecule has 0 aromatic heterocycles. The Balaban J connectivity index is 1.91. The first-order chi connectivity index (χ1) is 6.66. The van der Waals surface area contributed by atoms with Crippen molar-refractivity contribution in [3.05, 3.63) is 0 Å². The minimum absolute atomic E-state index is 0.0401. The zero-order valence-electron chi connectivity index (χ0n) is 7.82. The van der Waals surface area contributed by atoms with Crippen LogP contribution in [-0.2, 0) is 9.59 Å². The zero-order valence-corrected chi connectivity index (χ0v) is 7.82. The summed E-state index contributed by atoms with van der Waals surface area (Å²) in [6.07, 6.45) is 0.895. The minimum Gasteiger partial charge on any atom is -0.390 e. The number of nitrogens with one attached hydrogen (secondary N) is 2. The van der Waals surface area contributed by atoms with Crippen molar-refractivity contribution in [2.24, 2.45) is 5.92 Å². The van der Waals surface area contributed by atoms with Crippen LogP contribution in [0.15, 0.2) is 0 Å². The van der Waals surface area contributed by atoms with Crippen LogP contribution in [-0.4, -0.2) is 35.6 Å². The second-order valence-electron chi connectivity index (χ2n) is 3.96. The number of hydrogen-bond acceptors (Lipinski definition) is 3. The molecule has 0 aliphatic carbocycles. The van der Waals surface area contributed by atoms with Gasteiger partial charge in [-0.15, -0.1) is 0 Å². The molecule has 2 amide bonds. The normalized spacial score (nSPS) is 37.1. The molecule has 0 radical (unpaired) electrons. The number of amides is 2. The fourth-order valence-electron chi connectivity index (χ4n) is 2.09. The molecule has 2 fully saturated rings. The molecule has 2 rings (SSSR count). The Morgan fingerprint density at radius 3 is 2.71 bits per heavy atom. The average molecular weight is 198 g/mol. The van der Waals surface area contributed by atoms with Crippen molar-refractivity contribution in [3.63, 3.8) is 0 Å². The van der Waals surface area contributed by atoms with Crippen LogP contribution in [0, 0.1) is 5.92 Å². The molecule has 78 valence electrons. The SMILES string of the molecule is O=C1CC(O)[C@H](C[C@@H]2CCNC2=O)N1. The summed E-state index contributed by atoms with van der Waals surface area (Å²) in [5, 5.41) is 14.9. The highest BCUT2D eigenvalue weighted by Crippen LogP contribution is 2.21. The minimum atomic E-state index is -0.629. The smallest absolute Gasteiger partial charge is 0.223 e. The molecule has 2 saturated heterocycles. The number of aliphatic hydroxyl groups is 1. The Labute approximate surface area is 81.9 Å². The second kappa shape index (κ2) is 3.57. The molecule has 0 bridgehead atoms. The van der Waals surface area contributed by atoms with E-state index in [2.05, 4.69) is 10.6 Å². The first kappa shape index (κ1) is 9.45. The van der Waals surface area contributed by atoms with Crippen LogP contribution in [0.25, 0.3) is 0 Å². The molecule has 0 saturated carbocycles. The first-order valence-electron chi connectivity index (χ1n) is 4.92. The third-order valence-corrected chi connectivity index (χ3v) is 2.91. The van der Waals surface area contributed by atoms with E-state index in [0.29, 0.717) is 13.0 Å². The van der Waals surface area contributed by atoms with E-state index in [-0.39, 0.29) is 30.2 Å². The van der Waals surface area contributed by atoms with E-state index in [1.807, 2.05) is 0 Å². The summed E-state index contributed by atoms with van der Waals surface area (Å²) in [5.74, 6) is -0.132. The molecule has 1 unspecified atom stereocenters. The van der Waals surface area contributed by atoms with Gasteiger partial charge in [0.05, 0.1) is 18.6 Å². The molecule has 5 nitrogen and oxygen atoms in total. The van der Waals surface area contributed by atoms with E-state index in [0.717, 1.165) is 6.42 Å². The lowest BCUT2D eigenvalue weighted by molar-refractivity contribution is -0.123. The Bertz CT molecular complexity index is 267. The maximum absolute atomic E-state index is 11.2. The summed E-state index contributed by atoms with van der Waals surface area (Å²) in [5.41, 5.74) is 0. The predicted octanol–water partition coefficient (Wildman–Crippen LogP) is -1.24. The van der Waals surface area contributed by atoms with E-state index in [1.54, 1.807) is 0 Å². The highest BCUT2D eigenvalue weighted by molar-refractivity contribution is 5.82. The third kappa shape index (κ3) is 1.72. The summed E-state index contributed by atoms with van der Waals surface area (Å²) in [6, 6.07) is -0.239. The molecule has 5 heteroatoms. The fraction of sp³-hybridized carbons (Fsp3) is 0.778. The molecule has 0 aromatic carbocycles. The lowest BCUT2D eigenvalue weighted by atomic mass is 9.96. The van der Waals surface area contributed by atoms with Gasteiger partial charge in [-0.2, -0.15) is 0 Å². The molecule has 14 heavy (non-hydrogen) atoms. The third-order valence-electron chi connectivity index (χ3n) is 2.91. The molecule has 0 aromatic rings. The highest BCUT2D eigenvalue weighted by Gasteiger charge is 2.35. The van der Waals surface area contributed by atoms with E-state index >= 15 is 0 Å². The summed E-state index contributed by atoms with van der Waals surface area (Å²) in [4.78, 5) is 22.2. The van der Waals surface area contributed by atoms with E-state index in [9.17, 15) is 14.7 Å². The quantitative estimate of drug-likeness (QED) is 0.519. The van der Waals surface area contributed by atoms with Crippen molar-refractivity contribution in [1.82, 2.24) is 10.6 Å². The number of carbonyl (C=O) groups excluding carboxylic acids is 2. The van der Waals surface area contributed by atoms with Crippen LogP contribution in [0.5, 0.6) is 0 Å². The molecule has 3 atom stereocenters. The lowest BCUT2D eigenvalue weighted by Gasteiger charge is -2.16. The number of aliphatic hydroxyl groups excluding tert-OH is 1. The van der Waals surface area contributed by atoms with Crippen LogP contribution in [0.1, 0.15) is 19.3 Å². The Morgan fingerprint density at radius 2 is 2.21 bits per heavy atom. The average Bonchev–Trinajstić information content (AvgIpc) is 2.62. The monoisotopic (exact) mass is 198 g/mol. The lowest BCUT2D eigenvalue weighted by Crippen LogP contribution is -2.35. The van der Waals surface area contributed by atoms with Gasteiger partial charge >= 0.3 is 0 Å². The van der Waals surface area contributed by atoms with Crippen LogP contribution >= 0.6 is 0 Å². The topological polar surface area (TPSA) is 78.4 Å². The fourth-order valence-corrected chi connectivity index (χ4v) is 2.09. The molecule has 2 aliphatic heterocycles. The van der Waals surface area contributed by atoms with E-state index in [1.165, 1.54) is 0 Å². The van der Waals surface area contributed by atoms with Gasteiger partial charge in [0.2, 0.25) is 11.8 Å². The predicted molar refractivity (Wildman–Crippen MR) is 48.3 cm³/mol. The van der Waals surface area contributed by atoms with Crippen LogP contribution in [0.3, 0.4) is 0 Å². The van der Waals surface area contributed by atoms with Crippen molar-refractivity contribution < 1.29 is 14.7 Å². The van der Waals surface area contributed by atoms with Gasteiger partial charge in [-0.05, 0) is 12.8 Å². The van der Waals surface area contributed by atoms with Crippen LogP contribution in [0.2, 0.25) is 0 Å². The van der Waals surface area contributed by atoms with Crippen molar-refractivity contribution in [3.8, 4) is 0 Å². The van der Waals surface area contributed by atoms with Crippen LogP contribution in [0.4, 0.5) is 0 Å². The Morgan fingerprint density at radius 1 is 1.43 bits per heavy atom. The maximum Gasteiger partial charge on any atom is 0.223 e. The van der Waals surface area contributed by atoms with Gasteiger partial charge in [-0.25, -0.2) is 0 Å². The van der Waals surface area contributed by atoms with Gasteiger partial charge in [0.1, 0.15) is 0 Å². The summed E-state index contributed by atoms with van der Waals surface area (Å²) >= 11 is 0.